The van der Waals surface area contributed by atoms with Crippen molar-refractivity contribution in [2.24, 2.45) is 0 Å². The van der Waals surface area contributed by atoms with Crippen molar-refractivity contribution in [1.82, 2.24) is 0 Å². The predicted molar refractivity (Wildman–Crippen MR) is 123 cm³/mol. The van der Waals surface area contributed by atoms with Gasteiger partial charge in [0.1, 0.15) is 0 Å². The second kappa shape index (κ2) is 8.28. The van der Waals surface area contributed by atoms with Gasteiger partial charge in [-0.2, -0.15) is 0 Å². The average molecular weight is 408 g/mol. The lowest BCUT2D eigenvalue weighted by Gasteiger charge is -2.05. The standard InChI is InChI=1S/C27H20O4/c1-17-9-11-18(12-10-17)23-14-13-20(16-25(29)27(23)31)19-5-4-6-21(15-19)22-7-2-3-8-24(28)26(22)30/h2-16H,1H3,(H,28,30)(H,29,31). The Labute approximate surface area is 179 Å². The molecule has 4 aromatic rings. The highest BCUT2D eigenvalue weighted by molar-refractivity contribution is 5.77. The highest BCUT2D eigenvalue weighted by atomic mass is 16.3. The summed E-state index contributed by atoms with van der Waals surface area (Å²) in [7, 11) is 0. The Hall–Kier alpha value is -4.18. The van der Waals surface area contributed by atoms with E-state index in [0.29, 0.717) is 22.3 Å². The zero-order valence-corrected chi connectivity index (χ0v) is 16.9. The van der Waals surface area contributed by atoms with Crippen LogP contribution in [0.3, 0.4) is 0 Å². The van der Waals surface area contributed by atoms with Crippen LogP contribution in [0.1, 0.15) is 5.56 Å². The van der Waals surface area contributed by atoms with Crippen molar-refractivity contribution in [2.45, 2.75) is 6.92 Å². The van der Waals surface area contributed by atoms with E-state index in [9.17, 15) is 19.8 Å². The SMILES string of the molecule is Cc1ccc(-c2ccc(-c3cccc(-c4ccccc(=O)c4O)c3)cc(=O)c2O)cc1. The van der Waals surface area contributed by atoms with Crippen molar-refractivity contribution < 1.29 is 10.2 Å². The number of hydrogen-bond donors (Lipinski definition) is 2. The molecule has 0 saturated carbocycles. The van der Waals surface area contributed by atoms with Crippen LogP contribution in [0.2, 0.25) is 0 Å². The molecule has 0 atom stereocenters. The molecule has 0 amide bonds. The van der Waals surface area contributed by atoms with Crippen molar-refractivity contribution in [3.63, 3.8) is 0 Å². The zero-order valence-electron chi connectivity index (χ0n) is 16.9. The lowest BCUT2D eigenvalue weighted by atomic mass is 10.00. The van der Waals surface area contributed by atoms with Crippen LogP contribution in [0.5, 0.6) is 11.5 Å². The van der Waals surface area contributed by atoms with Gasteiger partial charge in [-0.25, -0.2) is 0 Å². The van der Waals surface area contributed by atoms with Crippen molar-refractivity contribution in [1.29, 1.82) is 0 Å². The molecule has 0 aromatic heterocycles. The maximum Gasteiger partial charge on any atom is 0.221 e. The zero-order chi connectivity index (χ0) is 22.0. The van der Waals surface area contributed by atoms with Crippen LogP contribution >= 0.6 is 0 Å². The van der Waals surface area contributed by atoms with Gasteiger partial charge in [-0.1, -0.05) is 72.3 Å². The summed E-state index contributed by atoms with van der Waals surface area (Å²) >= 11 is 0. The molecule has 4 rings (SSSR count). The Balaban J connectivity index is 1.85. The average Bonchev–Trinajstić information content (AvgIpc) is 3.03. The number of aryl methyl sites for hydroxylation is 1. The van der Waals surface area contributed by atoms with Crippen molar-refractivity contribution in [3.05, 3.63) is 117 Å². The molecule has 31 heavy (non-hydrogen) atoms. The van der Waals surface area contributed by atoms with Gasteiger partial charge >= 0.3 is 0 Å². The van der Waals surface area contributed by atoms with E-state index in [1.807, 2.05) is 37.3 Å². The summed E-state index contributed by atoms with van der Waals surface area (Å²) in [6.07, 6.45) is 0. The molecule has 4 aromatic carbocycles. The fourth-order valence-corrected chi connectivity index (χ4v) is 3.47. The third-order valence-electron chi connectivity index (χ3n) is 5.18. The molecule has 0 aliphatic heterocycles. The Bertz CT molecular complexity index is 1390. The Morgan fingerprint density at radius 1 is 0.516 bits per heavy atom. The smallest absolute Gasteiger partial charge is 0.221 e. The Morgan fingerprint density at radius 3 is 1.87 bits per heavy atom. The van der Waals surface area contributed by atoms with E-state index in [1.54, 1.807) is 48.5 Å². The summed E-state index contributed by atoms with van der Waals surface area (Å²) in [6, 6.07) is 25.9. The Kier molecular flexibility index (Phi) is 5.37. The van der Waals surface area contributed by atoms with Gasteiger partial charge in [0.2, 0.25) is 10.9 Å². The molecule has 152 valence electrons. The van der Waals surface area contributed by atoms with E-state index >= 15 is 0 Å². The van der Waals surface area contributed by atoms with E-state index in [-0.39, 0.29) is 11.5 Å². The normalized spacial score (nSPS) is 10.6. The van der Waals surface area contributed by atoms with Crippen molar-refractivity contribution in [2.75, 3.05) is 0 Å². The first-order chi connectivity index (χ1) is 14.9. The molecule has 2 N–H and O–H groups in total. The van der Waals surface area contributed by atoms with Gasteiger partial charge in [-0.05, 0) is 53.4 Å². The molecule has 4 heteroatoms. The number of aromatic hydroxyl groups is 2. The monoisotopic (exact) mass is 408 g/mol. The van der Waals surface area contributed by atoms with Crippen LogP contribution < -0.4 is 10.9 Å². The number of benzene rings is 2. The van der Waals surface area contributed by atoms with Gasteiger partial charge in [0, 0.05) is 11.1 Å². The minimum atomic E-state index is -0.489. The lowest BCUT2D eigenvalue weighted by molar-refractivity contribution is 0.472. The highest BCUT2D eigenvalue weighted by Crippen LogP contribution is 2.31. The molecule has 0 unspecified atom stereocenters. The topological polar surface area (TPSA) is 74.6 Å². The Morgan fingerprint density at radius 2 is 1.10 bits per heavy atom. The second-order valence-electron chi connectivity index (χ2n) is 7.35. The van der Waals surface area contributed by atoms with Crippen LogP contribution in [0.15, 0.2) is 101 Å². The summed E-state index contributed by atoms with van der Waals surface area (Å²) in [6.45, 7) is 1.97. The minimum Gasteiger partial charge on any atom is -0.504 e. The maximum absolute atomic E-state index is 12.6. The lowest BCUT2D eigenvalue weighted by Crippen LogP contribution is -1.96. The summed E-state index contributed by atoms with van der Waals surface area (Å²) < 4.78 is 0. The number of hydrogen-bond acceptors (Lipinski definition) is 4. The van der Waals surface area contributed by atoms with Crippen molar-refractivity contribution in [3.8, 4) is 44.9 Å². The highest BCUT2D eigenvalue weighted by Gasteiger charge is 2.10. The van der Waals surface area contributed by atoms with Crippen LogP contribution in [0.25, 0.3) is 33.4 Å². The molecular formula is C27H20O4. The largest absolute Gasteiger partial charge is 0.504 e. The summed E-state index contributed by atoms with van der Waals surface area (Å²) in [4.78, 5) is 24.6. The molecule has 0 radical (unpaired) electrons. The third kappa shape index (κ3) is 4.09. The van der Waals surface area contributed by atoms with Crippen LogP contribution in [0, 0.1) is 6.92 Å². The molecule has 0 aliphatic rings. The maximum atomic E-state index is 12.6. The van der Waals surface area contributed by atoms with Crippen molar-refractivity contribution >= 4 is 0 Å². The van der Waals surface area contributed by atoms with Gasteiger partial charge in [-0.15, -0.1) is 0 Å². The third-order valence-corrected chi connectivity index (χ3v) is 5.18. The molecule has 0 saturated heterocycles. The first-order valence-electron chi connectivity index (χ1n) is 9.81. The van der Waals surface area contributed by atoms with Gasteiger partial charge < -0.3 is 10.2 Å². The van der Waals surface area contributed by atoms with E-state index in [2.05, 4.69) is 0 Å². The van der Waals surface area contributed by atoms with E-state index in [4.69, 9.17) is 0 Å². The van der Waals surface area contributed by atoms with E-state index in [1.165, 1.54) is 12.1 Å². The minimum absolute atomic E-state index is 0.310. The first kappa shape index (κ1) is 20.1. The molecule has 0 fully saturated rings. The first-order valence-corrected chi connectivity index (χ1v) is 9.81. The second-order valence-corrected chi connectivity index (χ2v) is 7.35. The summed E-state index contributed by atoms with van der Waals surface area (Å²) in [5.41, 5.74) is 3.72. The van der Waals surface area contributed by atoms with Crippen LogP contribution in [-0.4, -0.2) is 10.2 Å². The van der Waals surface area contributed by atoms with Crippen LogP contribution in [0.4, 0.5) is 0 Å². The van der Waals surface area contributed by atoms with Gasteiger partial charge in [0.25, 0.3) is 0 Å². The number of rotatable bonds is 3. The molecule has 0 spiro atoms. The molecule has 0 bridgehead atoms. The predicted octanol–water partition coefficient (Wildman–Crippen LogP) is 5.13. The van der Waals surface area contributed by atoms with Gasteiger partial charge in [0.15, 0.2) is 11.5 Å². The fraction of sp³-hybridized carbons (Fsp3) is 0.0370. The van der Waals surface area contributed by atoms with Gasteiger partial charge in [0.05, 0.1) is 0 Å². The summed E-state index contributed by atoms with van der Waals surface area (Å²) in [5, 5.41) is 20.8. The quantitative estimate of drug-likeness (QED) is 0.493. The molecule has 0 aliphatic carbocycles. The molecular weight excluding hydrogens is 388 g/mol. The van der Waals surface area contributed by atoms with E-state index < -0.39 is 10.9 Å². The molecule has 4 nitrogen and oxygen atoms in total. The van der Waals surface area contributed by atoms with E-state index in [0.717, 1.165) is 16.7 Å². The summed E-state index contributed by atoms with van der Waals surface area (Å²) in [5.74, 6) is -0.639. The van der Waals surface area contributed by atoms with Crippen LogP contribution in [-0.2, 0) is 0 Å². The molecule has 0 heterocycles. The fourth-order valence-electron chi connectivity index (χ4n) is 3.47. The van der Waals surface area contributed by atoms with Gasteiger partial charge in [-0.3, -0.25) is 9.59 Å².